The molecule has 0 aliphatic heterocycles. The summed E-state index contributed by atoms with van der Waals surface area (Å²) >= 11 is 1.64. The number of para-hydroxylation sites is 1. The third-order valence-electron chi connectivity index (χ3n) is 2.18. The van der Waals surface area contributed by atoms with Crippen LogP contribution in [0.3, 0.4) is 0 Å². The fourth-order valence-electron chi connectivity index (χ4n) is 1.32. The Morgan fingerprint density at radius 1 is 1.31 bits per heavy atom. The van der Waals surface area contributed by atoms with Crippen molar-refractivity contribution in [2.24, 2.45) is 0 Å². The highest BCUT2D eigenvalue weighted by atomic mass is 32.1. The highest BCUT2D eigenvalue weighted by Gasteiger charge is 2.02. The van der Waals surface area contributed by atoms with Crippen LogP contribution in [-0.4, -0.2) is 25.2 Å². The van der Waals surface area contributed by atoms with Gasteiger partial charge in [-0.1, -0.05) is 18.2 Å². The molecule has 0 radical (unpaired) electrons. The molecule has 2 aromatic rings. The standard InChI is InChI=1S/C12H14N2OS/c1-14(12-13-7-10-16-12)8-9-15-11-5-3-2-4-6-11/h2-7,10H,8-9H2,1H3. The molecule has 0 atom stereocenters. The summed E-state index contributed by atoms with van der Waals surface area (Å²) in [5, 5.41) is 3.00. The van der Waals surface area contributed by atoms with Crippen molar-refractivity contribution in [3.05, 3.63) is 41.9 Å². The minimum atomic E-state index is 0.667. The second-order valence-corrected chi connectivity index (χ2v) is 4.27. The third kappa shape index (κ3) is 2.97. The molecule has 0 aliphatic carbocycles. The van der Waals surface area contributed by atoms with Crippen molar-refractivity contribution < 1.29 is 4.74 Å². The number of likely N-dealkylation sites (N-methyl/N-ethyl adjacent to an activating group) is 1. The molecule has 0 spiro atoms. The third-order valence-corrected chi connectivity index (χ3v) is 3.07. The molecule has 0 fully saturated rings. The highest BCUT2D eigenvalue weighted by Crippen LogP contribution is 2.15. The summed E-state index contributed by atoms with van der Waals surface area (Å²) in [4.78, 5) is 6.32. The van der Waals surface area contributed by atoms with Crippen molar-refractivity contribution in [3.8, 4) is 5.75 Å². The lowest BCUT2D eigenvalue weighted by Crippen LogP contribution is -2.23. The number of hydrogen-bond acceptors (Lipinski definition) is 4. The van der Waals surface area contributed by atoms with Gasteiger partial charge in [0.15, 0.2) is 5.13 Å². The van der Waals surface area contributed by atoms with E-state index in [4.69, 9.17) is 4.74 Å². The Morgan fingerprint density at radius 2 is 2.12 bits per heavy atom. The zero-order valence-corrected chi connectivity index (χ0v) is 9.98. The van der Waals surface area contributed by atoms with Gasteiger partial charge in [0.1, 0.15) is 12.4 Å². The number of benzene rings is 1. The van der Waals surface area contributed by atoms with E-state index in [2.05, 4.69) is 9.88 Å². The summed E-state index contributed by atoms with van der Waals surface area (Å²) in [6.07, 6.45) is 1.81. The minimum absolute atomic E-state index is 0.667. The Bertz CT molecular complexity index is 402. The number of thiazole rings is 1. The zero-order chi connectivity index (χ0) is 11.2. The molecule has 0 amide bonds. The monoisotopic (exact) mass is 234 g/mol. The Hall–Kier alpha value is -1.55. The Morgan fingerprint density at radius 3 is 2.81 bits per heavy atom. The fourth-order valence-corrected chi connectivity index (χ4v) is 1.95. The van der Waals surface area contributed by atoms with Crippen LogP contribution in [-0.2, 0) is 0 Å². The molecule has 84 valence electrons. The number of nitrogens with zero attached hydrogens (tertiary/aromatic N) is 2. The van der Waals surface area contributed by atoms with E-state index in [0.717, 1.165) is 17.4 Å². The van der Waals surface area contributed by atoms with Gasteiger partial charge in [0.2, 0.25) is 0 Å². The molecule has 16 heavy (non-hydrogen) atoms. The van der Waals surface area contributed by atoms with E-state index >= 15 is 0 Å². The lowest BCUT2D eigenvalue weighted by atomic mass is 10.3. The van der Waals surface area contributed by atoms with E-state index in [0.29, 0.717) is 6.61 Å². The van der Waals surface area contributed by atoms with Crippen LogP contribution in [0.15, 0.2) is 41.9 Å². The predicted molar refractivity (Wildman–Crippen MR) is 67.3 cm³/mol. The van der Waals surface area contributed by atoms with Gasteiger partial charge in [0.25, 0.3) is 0 Å². The number of aromatic nitrogens is 1. The van der Waals surface area contributed by atoms with Crippen LogP contribution < -0.4 is 9.64 Å². The Labute approximate surface area is 99.3 Å². The van der Waals surface area contributed by atoms with Crippen LogP contribution in [0.1, 0.15) is 0 Å². The van der Waals surface area contributed by atoms with E-state index in [-0.39, 0.29) is 0 Å². The largest absolute Gasteiger partial charge is 0.492 e. The smallest absolute Gasteiger partial charge is 0.185 e. The van der Waals surface area contributed by atoms with Crippen molar-refractivity contribution in [2.75, 3.05) is 25.1 Å². The van der Waals surface area contributed by atoms with Crippen molar-refractivity contribution in [3.63, 3.8) is 0 Å². The van der Waals surface area contributed by atoms with Gasteiger partial charge in [-0.15, -0.1) is 11.3 Å². The second-order valence-electron chi connectivity index (χ2n) is 3.40. The van der Waals surface area contributed by atoms with Crippen LogP contribution >= 0.6 is 11.3 Å². The predicted octanol–water partition coefficient (Wildman–Crippen LogP) is 2.66. The van der Waals surface area contributed by atoms with Crippen LogP contribution in [0.25, 0.3) is 0 Å². The summed E-state index contributed by atoms with van der Waals surface area (Å²) in [5.74, 6) is 0.912. The topological polar surface area (TPSA) is 25.4 Å². The summed E-state index contributed by atoms with van der Waals surface area (Å²) in [6, 6.07) is 9.85. The SMILES string of the molecule is CN(CCOc1ccccc1)c1nccs1. The van der Waals surface area contributed by atoms with Crippen molar-refractivity contribution in [2.45, 2.75) is 0 Å². The quantitative estimate of drug-likeness (QED) is 0.795. The molecular weight excluding hydrogens is 220 g/mol. The summed E-state index contributed by atoms with van der Waals surface area (Å²) in [6.45, 7) is 1.50. The molecule has 2 rings (SSSR count). The van der Waals surface area contributed by atoms with Gasteiger partial charge in [-0.05, 0) is 12.1 Å². The van der Waals surface area contributed by atoms with Crippen molar-refractivity contribution in [1.82, 2.24) is 4.98 Å². The average Bonchev–Trinajstić information content (AvgIpc) is 2.84. The normalized spacial score (nSPS) is 10.1. The van der Waals surface area contributed by atoms with E-state index in [1.165, 1.54) is 0 Å². The number of anilines is 1. The van der Waals surface area contributed by atoms with E-state index < -0.39 is 0 Å². The lowest BCUT2D eigenvalue weighted by molar-refractivity contribution is 0.326. The molecule has 1 aromatic carbocycles. The van der Waals surface area contributed by atoms with Crippen LogP contribution in [0.4, 0.5) is 5.13 Å². The highest BCUT2D eigenvalue weighted by molar-refractivity contribution is 7.13. The molecular formula is C12H14N2OS. The van der Waals surface area contributed by atoms with Gasteiger partial charge in [-0.2, -0.15) is 0 Å². The summed E-state index contributed by atoms with van der Waals surface area (Å²) in [7, 11) is 2.02. The van der Waals surface area contributed by atoms with Gasteiger partial charge in [-0.3, -0.25) is 0 Å². The Balaban J connectivity index is 1.76. The van der Waals surface area contributed by atoms with Gasteiger partial charge in [0, 0.05) is 18.6 Å². The van der Waals surface area contributed by atoms with Gasteiger partial charge in [-0.25, -0.2) is 4.98 Å². The average molecular weight is 234 g/mol. The molecule has 1 heterocycles. The van der Waals surface area contributed by atoms with Crippen LogP contribution in [0.5, 0.6) is 5.75 Å². The summed E-state index contributed by atoms with van der Waals surface area (Å²) < 4.78 is 5.61. The van der Waals surface area contributed by atoms with Crippen molar-refractivity contribution in [1.29, 1.82) is 0 Å². The molecule has 0 aliphatic rings. The van der Waals surface area contributed by atoms with E-state index in [1.54, 1.807) is 11.3 Å². The molecule has 0 saturated carbocycles. The van der Waals surface area contributed by atoms with Gasteiger partial charge < -0.3 is 9.64 Å². The maximum Gasteiger partial charge on any atom is 0.185 e. The number of hydrogen-bond donors (Lipinski definition) is 0. The van der Waals surface area contributed by atoms with Crippen LogP contribution in [0, 0.1) is 0 Å². The minimum Gasteiger partial charge on any atom is -0.492 e. The van der Waals surface area contributed by atoms with Gasteiger partial charge >= 0.3 is 0 Å². The molecule has 0 saturated heterocycles. The van der Waals surface area contributed by atoms with E-state index in [1.807, 2.05) is 49.0 Å². The first-order chi connectivity index (χ1) is 7.86. The fraction of sp³-hybridized carbons (Fsp3) is 0.250. The molecule has 3 nitrogen and oxygen atoms in total. The maximum absolute atomic E-state index is 5.61. The van der Waals surface area contributed by atoms with Crippen LogP contribution in [0.2, 0.25) is 0 Å². The molecule has 0 unspecified atom stereocenters. The van der Waals surface area contributed by atoms with Gasteiger partial charge in [0.05, 0.1) is 6.54 Å². The second kappa shape index (κ2) is 5.51. The number of ether oxygens (including phenoxy) is 1. The molecule has 0 N–H and O–H groups in total. The zero-order valence-electron chi connectivity index (χ0n) is 9.17. The first kappa shape index (κ1) is 11.0. The molecule has 4 heteroatoms. The first-order valence-corrected chi connectivity index (χ1v) is 6.03. The summed E-state index contributed by atoms with van der Waals surface area (Å²) in [5.41, 5.74) is 0. The first-order valence-electron chi connectivity index (χ1n) is 5.15. The van der Waals surface area contributed by atoms with E-state index in [9.17, 15) is 0 Å². The lowest BCUT2D eigenvalue weighted by Gasteiger charge is -2.15. The Kier molecular flexibility index (Phi) is 3.77. The van der Waals surface area contributed by atoms with Crippen molar-refractivity contribution >= 4 is 16.5 Å². The number of rotatable bonds is 5. The molecule has 1 aromatic heterocycles. The maximum atomic E-state index is 5.61. The molecule has 0 bridgehead atoms.